The van der Waals surface area contributed by atoms with Crippen molar-refractivity contribution >= 4 is 45.3 Å². The second kappa shape index (κ2) is 10.7. The molecule has 1 N–H and O–H groups in total. The summed E-state index contributed by atoms with van der Waals surface area (Å²) in [6, 6.07) is 11.5. The summed E-state index contributed by atoms with van der Waals surface area (Å²) in [6.07, 6.45) is 2.71. The molecule has 2 aromatic carbocycles. The number of morpholine rings is 1. The molecule has 0 aromatic heterocycles. The highest BCUT2D eigenvalue weighted by molar-refractivity contribution is 7.89. The van der Waals surface area contributed by atoms with E-state index in [1.807, 2.05) is 0 Å². The van der Waals surface area contributed by atoms with Gasteiger partial charge in [0.05, 0.1) is 18.1 Å². The molecule has 0 bridgehead atoms. The lowest BCUT2D eigenvalue weighted by molar-refractivity contribution is -0.142. The van der Waals surface area contributed by atoms with E-state index in [1.165, 1.54) is 22.5 Å². The molecule has 1 heterocycles. The average molecular weight is 479 g/mol. The van der Waals surface area contributed by atoms with Crippen molar-refractivity contribution in [3.8, 4) is 0 Å². The fraction of sp³-hybridized carbons (Fsp3) is 0.273. The van der Waals surface area contributed by atoms with E-state index >= 15 is 0 Å². The maximum atomic E-state index is 12.9. The first-order chi connectivity index (χ1) is 15.3. The van der Waals surface area contributed by atoms with Crippen molar-refractivity contribution in [2.45, 2.75) is 11.8 Å². The van der Waals surface area contributed by atoms with Crippen LogP contribution in [0.4, 0.5) is 5.69 Å². The van der Waals surface area contributed by atoms with Crippen LogP contribution in [-0.2, 0) is 29.1 Å². The third kappa shape index (κ3) is 6.39. The second-order valence-electron chi connectivity index (χ2n) is 7.04. The molecule has 0 spiro atoms. The number of aryl methyl sites for hydroxylation is 1. The van der Waals surface area contributed by atoms with Gasteiger partial charge < -0.3 is 14.8 Å². The predicted molar refractivity (Wildman–Crippen MR) is 121 cm³/mol. The van der Waals surface area contributed by atoms with Crippen molar-refractivity contribution < 1.29 is 27.5 Å². The Morgan fingerprint density at radius 3 is 2.66 bits per heavy atom. The first-order valence-corrected chi connectivity index (χ1v) is 11.7. The summed E-state index contributed by atoms with van der Waals surface area (Å²) >= 11 is 5.88. The van der Waals surface area contributed by atoms with Crippen molar-refractivity contribution in [3.05, 3.63) is 64.7 Å². The minimum absolute atomic E-state index is 0.110. The molecule has 0 radical (unpaired) electrons. The quantitative estimate of drug-likeness (QED) is 0.485. The minimum Gasteiger partial charge on any atom is -0.452 e. The van der Waals surface area contributed by atoms with Crippen LogP contribution in [-0.4, -0.2) is 57.5 Å². The Morgan fingerprint density at radius 2 is 1.94 bits per heavy atom. The van der Waals surface area contributed by atoms with Gasteiger partial charge in [-0.3, -0.25) is 4.79 Å². The molecule has 2 aromatic rings. The SMILES string of the molecule is Cc1ccc(NC(=O)COC(=O)/C=C/c2cccc(Cl)c2)cc1S(=O)(=O)N1CCOCC1. The van der Waals surface area contributed by atoms with Crippen molar-refractivity contribution in [2.24, 2.45) is 0 Å². The van der Waals surface area contributed by atoms with Crippen LogP contribution in [0, 0.1) is 6.92 Å². The first kappa shape index (κ1) is 23.9. The summed E-state index contributed by atoms with van der Waals surface area (Å²) in [5, 5.41) is 3.09. The van der Waals surface area contributed by atoms with Gasteiger partial charge in [-0.15, -0.1) is 0 Å². The molecular formula is C22H23ClN2O6S. The number of rotatable bonds is 7. The normalized spacial score (nSPS) is 14.9. The molecular weight excluding hydrogens is 456 g/mol. The van der Waals surface area contributed by atoms with Crippen LogP contribution in [0.2, 0.25) is 5.02 Å². The van der Waals surface area contributed by atoms with Gasteiger partial charge in [-0.05, 0) is 48.4 Å². The van der Waals surface area contributed by atoms with E-state index in [0.717, 1.165) is 0 Å². The number of hydrogen-bond donors (Lipinski definition) is 1. The molecule has 170 valence electrons. The number of amides is 1. The standard InChI is InChI=1S/C22H23ClN2O6S/c1-16-5-7-19(14-20(16)32(28,29)25-9-11-30-12-10-25)24-21(26)15-31-22(27)8-6-17-3-2-4-18(23)13-17/h2-8,13-14H,9-12,15H2,1H3,(H,24,26)/b8-6+. The van der Waals surface area contributed by atoms with Gasteiger partial charge in [-0.2, -0.15) is 4.31 Å². The van der Waals surface area contributed by atoms with E-state index in [-0.39, 0.29) is 23.7 Å². The molecule has 32 heavy (non-hydrogen) atoms. The Morgan fingerprint density at radius 1 is 1.19 bits per heavy atom. The van der Waals surface area contributed by atoms with Crippen molar-refractivity contribution in [1.82, 2.24) is 4.31 Å². The van der Waals surface area contributed by atoms with Crippen molar-refractivity contribution in [2.75, 3.05) is 38.2 Å². The minimum atomic E-state index is -3.72. The number of hydrogen-bond acceptors (Lipinski definition) is 6. The lowest BCUT2D eigenvalue weighted by Gasteiger charge is -2.26. The van der Waals surface area contributed by atoms with Gasteiger partial charge in [0.1, 0.15) is 0 Å². The first-order valence-electron chi connectivity index (χ1n) is 9.84. The summed E-state index contributed by atoms with van der Waals surface area (Å²) in [5.74, 6) is -1.28. The van der Waals surface area contributed by atoms with Crippen LogP contribution in [0.3, 0.4) is 0 Å². The topological polar surface area (TPSA) is 102 Å². The summed E-state index contributed by atoms with van der Waals surface area (Å²) in [7, 11) is -3.72. The highest BCUT2D eigenvalue weighted by Gasteiger charge is 2.28. The van der Waals surface area contributed by atoms with E-state index in [1.54, 1.807) is 43.3 Å². The molecule has 1 aliphatic heterocycles. The summed E-state index contributed by atoms with van der Waals surface area (Å²) in [5.41, 5.74) is 1.57. The molecule has 8 nitrogen and oxygen atoms in total. The van der Waals surface area contributed by atoms with Crippen LogP contribution in [0.15, 0.2) is 53.4 Å². The van der Waals surface area contributed by atoms with E-state index < -0.39 is 28.5 Å². The maximum absolute atomic E-state index is 12.9. The van der Waals surface area contributed by atoms with Crippen LogP contribution in [0.1, 0.15) is 11.1 Å². The van der Waals surface area contributed by atoms with Crippen LogP contribution >= 0.6 is 11.6 Å². The number of carbonyl (C=O) groups is 2. The molecule has 1 fully saturated rings. The molecule has 1 amide bonds. The Kier molecular flexibility index (Phi) is 8.03. The van der Waals surface area contributed by atoms with Gasteiger partial charge in [0, 0.05) is 29.9 Å². The molecule has 0 aliphatic carbocycles. The second-order valence-corrected chi connectivity index (χ2v) is 9.38. The van der Waals surface area contributed by atoms with Crippen LogP contribution in [0.25, 0.3) is 6.08 Å². The molecule has 1 saturated heterocycles. The zero-order chi connectivity index (χ0) is 23.1. The average Bonchev–Trinajstić information content (AvgIpc) is 2.78. The molecule has 10 heteroatoms. The zero-order valence-electron chi connectivity index (χ0n) is 17.4. The zero-order valence-corrected chi connectivity index (χ0v) is 19.0. The highest BCUT2D eigenvalue weighted by Crippen LogP contribution is 2.24. The number of sulfonamides is 1. The van der Waals surface area contributed by atoms with Gasteiger partial charge in [-0.25, -0.2) is 13.2 Å². The van der Waals surface area contributed by atoms with Crippen LogP contribution in [0.5, 0.6) is 0 Å². The van der Waals surface area contributed by atoms with Gasteiger partial charge in [-0.1, -0.05) is 29.8 Å². The maximum Gasteiger partial charge on any atom is 0.331 e. The van der Waals surface area contributed by atoms with E-state index in [2.05, 4.69) is 5.32 Å². The van der Waals surface area contributed by atoms with Gasteiger partial charge in [0.25, 0.3) is 5.91 Å². The number of nitrogens with one attached hydrogen (secondary N) is 1. The monoisotopic (exact) mass is 478 g/mol. The smallest absolute Gasteiger partial charge is 0.331 e. The number of esters is 1. The molecule has 3 rings (SSSR count). The van der Waals surface area contributed by atoms with Crippen molar-refractivity contribution in [1.29, 1.82) is 0 Å². The lowest BCUT2D eigenvalue weighted by atomic mass is 10.2. The number of halogens is 1. The molecule has 1 aliphatic rings. The Bertz CT molecular complexity index is 1130. The van der Waals surface area contributed by atoms with Crippen LogP contribution < -0.4 is 5.32 Å². The van der Waals surface area contributed by atoms with E-state index in [0.29, 0.717) is 29.4 Å². The number of carbonyl (C=O) groups excluding carboxylic acids is 2. The number of anilines is 1. The number of benzene rings is 2. The third-order valence-corrected chi connectivity index (χ3v) is 6.94. The largest absolute Gasteiger partial charge is 0.452 e. The predicted octanol–water partition coefficient (Wildman–Crippen LogP) is 2.86. The summed E-state index contributed by atoms with van der Waals surface area (Å²) in [6.45, 7) is 2.40. The number of ether oxygens (including phenoxy) is 2. The van der Waals surface area contributed by atoms with Crippen molar-refractivity contribution in [3.63, 3.8) is 0 Å². The lowest BCUT2D eigenvalue weighted by Crippen LogP contribution is -2.40. The Balaban J connectivity index is 1.59. The highest BCUT2D eigenvalue weighted by atomic mass is 35.5. The van der Waals surface area contributed by atoms with Gasteiger partial charge in [0.2, 0.25) is 10.0 Å². The molecule has 0 unspecified atom stereocenters. The van der Waals surface area contributed by atoms with E-state index in [9.17, 15) is 18.0 Å². The van der Waals surface area contributed by atoms with Gasteiger partial charge >= 0.3 is 5.97 Å². The fourth-order valence-electron chi connectivity index (χ4n) is 3.04. The summed E-state index contributed by atoms with van der Waals surface area (Å²) in [4.78, 5) is 24.1. The molecule has 0 saturated carbocycles. The Labute approximate surface area is 191 Å². The Hall–Kier alpha value is -2.72. The summed E-state index contributed by atoms with van der Waals surface area (Å²) < 4.78 is 37.4. The third-order valence-electron chi connectivity index (χ3n) is 4.67. The molecule has 0 atom stereocenters. The fourth-order valence-corrected chi connectivity index (χ4v) is 4.90. The van der Waals surface area contributed by atoms with E-state index in [4.69, 9.17) is 21.1 Å². The number of nitrogens with zero attached hydrogens (tertiary/aromatic N) is 1. The van der Waals surface area contributed by atoms with Gasteiger partial charge in [0.15, 0.2) is 6.61 Å².